The smallest absolute Gasteiger partial charge is 0.345 e. The van der Waals surface area contributed by atoms with Crippen LogP contribution in [0.2, 0.25) is 0 Å². The molecule has 1 aromatic rings. The number of aromatic carboxylic acids is 1. The molecule has 0 unspecified atom stereocenters. The molecule has 0 aliphatic heterocycles. The molecule has 0 aromatic carbocycles. The molecule has 0 aliphatic rings. The second kappa shape index (κ2) is 5.48. The Bertz CT molecular complexity index is 276. The van der Waals surface area contributed by atoms with Gasteiger partial charge in [-0.25, -0.2) is 4.79 Å². The highest BCUT2D eigenvalue weighted by molar-refractivity contribution is 7.15. The van der Waals surface area contributed by atoms with Crippen molar-refractivity contribution < 1.29 is 9.90 Å². The van der Waals surface area contributed by atoms with E-state index in [0.29, 0.717) is 10.6 Å². The SMILES string of the molecule is CC.CC(=N)c1ccc(C(=O)O)s1. The molecule has 1 heterocycles. The van der Waals surface area contributed by atoms with Gasteiger partial charge in [-0.15, -0.1) is 11.3 Å². The van der Waals surface area contributed by atoms with Crippen LogP contribution in [0, 0.1) is 5.41 Å². The number of rotatable bonds is 2. The molecule has 2 N–H and O–H groups in total. The minimum Gasteiger partial charge on any atom is -0.477 e. The van der Waals surface area contributed by atoms with Crippen molar-refractivity contribution in [3.05, 3.63) is 21.9 Å². The topological polar surface area (TPSA) is 61.2 Å². The number of nitrogens with one attached hydrogen (secondary N) is 1. The van der Waals surface area contributed by atoms with Crippen LogP contribution in [-0.4, -0.2) is 16.8 Å². The summed E-state index contributed by atoms with van der Waals surface area (Å²) in [7, 11) is 0. The molecule has 13 heavy (non-hydrogen) atoms. The monoisotopic (exact) mass is 199 g/mol. The van der Waals surface area contributed by atoms with Crippen LogP contribution in [0.4, 0.5) is 0 Å². The van der Waals surface area contributed by atoms with E-state index in [1.165, 1.54) is 6.07 Å². The summed E-state index contributed by atoms with van der Waals surface area (Å²) >= 11 is 1.12. The van der Waals surface area contributed by atoms with Gasteiger partial charge in [0.1, 0.15) is 4.88 Å². The summed E-state index contributed by atoms with van der Waals surface area (Å²) in [5.41, 5.74) is 0.405. The quantitative estimate of drug-likeness (QED) is 0.719. The van der Waals surface area contributed by atoms with E-state index < -0.39 is 5.97 Å². The van der Waals surface area contributed by atoms with Crippen LogP contribution in [0.3, 0.4) is 0 Å². The highest BCUT2D eigenvalue weighted by Crippen LogP contribution is 2.16. The third-order valence-electron chi connectivity index (χ3n) is 1.19. The highest BCUT2D eigenvalue weighted by atomic mass is 32.1. The molecule has 0 saturated carbocycles. The van der Waals surface area contributed by atoms with Gasteiger partial charge in [-0.3, -0.25) is 0 Å². The first-order chi connectivity index (χ1) is 6.11. The summed E-state index contributed by atoms with van der Waals surface area (Å²) in [6.07, 6.45) is 0. The Morgan fingerprint density at radius 3 is 2.08 bits per heavy atom. The van der Waals surface area contributed by atoms with Gasteiger partial charge in [0.05, 0.1) is 0 Å². The van der Waals surface area contributed by atoms with Gasteiger partial charge in [0.25, 0.3) is 0 Å². The highest BCUT2D eigenvalue weighted by Gasteiger charge is 2.06. The van der Waals surface area contributed by atoms with Crippen molar-refractivity contribution in [3.8, 4) is 0 Å². The molecule has 0 bridgehead atoms. The Morgan fingerprint density at radius 1 is 1.38 bits per heavy atom. The number of thiophene rings is 1. The van der Waals surface area contributed by atoms with Gasteiger partial charge in [0, 0.05) is 10.6 Å². The van der Waals surface area contributed by atoms with Crippen LogP contribution >= 0.6 is 11.3 Å². The minimum absolute atomic E-state index is 0.284. The lowest BCUT2D eigenvalue weighted by atomic mass is 10.3. The van der Waals surface area contributed by atoms with Crippen LogP contribution in [0.5, 0.6) is 0 Å². The maximum absolute atomic E-state index is 10.4. The Morgan fingerprint density at radius 2 is 1.85 bits per heavy atom. The number of hydrogen-bond acceptors (Lipinski definition) is 3. The lowest BCUT2D eigenvalue weighted by Crippen LogP contribution is -1.90. The van der Waals surface area contributed by atoms with Crippen molar-refractivity contribution in [2.24, 2.45) is 0 Å². The summed E-state index contributed by atoms with van der Waals surface area (Å²) < 4.78 is 0. The van der Waals surface area contributed by atoms with E-state index in [2.05, 4.69) is 0 Å². The molecule has 0 amide bonds. The van der Waals surface area contributed by atoms with E-state index in [1.54, 1.807) is 13.0 Å². The number of hydrogen-bond donors (Lipinski definition) is 2. The van der Waals surface area contributed by atoms with Crippen molar-refractivity contribution >= 4 is 23.0 Å². The minimum atomic E-state index is -0.928. The predicted molar refractivity (Wildman–Crippen MR) is 55.1 cm³/mol. The number of carboxylic acids is 1. The van der Waals surface area contributed by atoms with E-state index >= 15 is 0 Å². The fourth-order valence-electron chi connectivity index (χ4n) is 0.654. The zero-order valence-electron chi connectivity index (χ0n) is 7.92. The molecule has 1 rings (SSSR count). The lowest BCUT2D eigenvalue weighted by Gasteiger charge is -1.86. The summed E-state index contributed by atoms with van der Waals surface area (Å²) in [6.45, 7) is 5.64. The maximum atomic E-state index is 10.4. The van der Waals surface area contributed by atoms with E-state index in [0.717, 1.165) is 11.3 Å². The average Bonchev–Trinajstić information content (AvgIpc) is 2.56. The summed E-state index contributed by atoms with van der Waals surface area (Å²) in [5, 5.41) is 15.7. The molecule has 1 aromatic heterocycles. The molecule has 4 heteroatoms. The molecular weight excluding hydrogens is 186 g/mol. The predicted octanol–water partition coefficient (Wildman–Crippen LogP) is 2.86. The summed E-state index contributed by atoms with van der Waals surface area (Å²) in [4.78, 5) is 11.4. The van der Waals surface area contributed by atoms with Gasteiger partial charge in [-0.2, -0.15) is 0 Å². The fourth-order valence-corrected chi connectivity index (χ4v) is 1.40. The van der Waals surface area contributed by atoms with Crippen molar-refractivity contribution in [1.82, 2.24) is 0 Å². The van der Waals surface area contributed by atoms with Gasteiger partial charge in [-0.1, -0.05) is 13.8 Å². The fraction of sp³-hybridized carbons (Fsp3) is 0.333. The van der Waals surface area contributed by atoms with E-state index in [1.807, 2.05) is 13.8 Å². The van der Waals surface area contributed by atoms with Crippen molar-refractivity contribution in [3.63, 3.8) is 0 Å². The average molecular weight is 199 g/mol. The van der Waals surface area contributed by atoms with Gasteiger partial charge in [0.15, 0.2) is 0 Å². The first-order valence-electron chi connectivity index (χ1n) is 4.00. The van der Waals surface area contributed by atoms with Gasteiger partial charge in [0.2, 0.25) is 0 Å². The van der Waals surface area contributed by atoms with Gasteiger partial charge < -0.3 is 10.5 Å². The second-order valence-corrected chi connectivity index (χ2v) is 3.18. The van der Waals surface area contributed by atoms with Crippen LogP contribution in [-0.2, 0) is 0 Å². The second-order valence-electron chi connectivity index (χ2n) is 2.09. The van der Waals surface area contributed by atoms with Gasteiger partial charge >= 0.3 is 5.97 Å². The van der Waals surface area contributed by atoms with E-state index in [9.17, 15) is 4.79 Å². The Labute approximate surface area is 81.5 Å². The summed E-state index contributed by atoms with van der Waals surface area (Å²) in [6, 6.07) is 3.16. The third-order valence-corrected chi connectivity index (χ3v) is 2.38. The Balaban J connectivity index is 0.000000671. The largest absolute Gasteiger partial charge is 0.477 e. The zero-order valence-corrected chi connectivity index (χ0v) is 8.73. The number of carbonyl (C=O) groups is 1. The maximum Gasteiger partial charge on any atom is 0.345 e. The third kappa shape index (κ3) is 3.38. The van der Waals surface area contributed by atoms with Gasteiger partial charge in [-0.05, 0) is 19.1 Å². The first kappa shape index (κ1) is 11.8. The van der Waals surface area contributed by atoms with Crippen LogP contribution in [0.15, 0.2) is 12.1 Å². The lowest BCUT2D eigenvalue weighted by molar-refractivity contribution is 0.0702. The molecule has 0 atom stereocenters. The van der Waals surface area contributed by atoms with Crippen LogP contribution < -0.4 is 0 Å². The van der Waals surface area contributed by atoms with E-state index in [-0.39, 0.29) is 4.88 Å². The number of carboxylic acid groups (broad SMARTS) is 1. The molecule has 72 valence electrons. The molecule has 3 nitrogen and oxygen atoms in total. The molecular formula is C9H13NO2S. The Hall–Kier alpha value is -1.16. The molecule has 0 radical (unpaired) electrons. The standard InChI is InChI=1S/C7H7NO2S.C2H6/c1-4(8)5-2-3-6(11-5)7(9)10;1-2/h2-3,8H,1H3,(H,9,10);1-2H3. The first-order valence-corrected chi connectivity index (χ1v) is 4.81. The molecule has 0 fully saturated rings. The van der Waals surface area contributed by atoms with Crippen molar-refractivity contribution in [2.45, 2.75) is 20.8 Å². The van der Waals surface area contributed by atoms with Crippen molar-refractivity contribution in [1.29, 1.82) is 5.41 Å². The van der Waals surface area contributed by atoms with Crippen LogP contribution in [0.25, 0.3) is 0 Å². The van der Waals surface area contributed by atoms with E-state index in [4.69, 9.17) is 10.5 Å². The zero-order chi connectivity index (χ0) is 10.4. The Kier molecular flexibility index (Phi) is 4.99. The van der Waals surface area contributed by atoms with Crippen LogP contribution in [0.1, 0.15) is 35.3 Å². The summed E-state index contributed by atoms with van der Waals surface area (Å²) in [5.74, 6) is -0.928. The molecule has 0 spiro atoms. The molecule has 0 saturated heterocycles. The molecule has 0 aliphatic carbocycles. The normalized spacial score (nSPS) is 8.54. The van der Waals surface area contributed by atoms with Crippen molar-refractivity contribution in [2.75, 3.05) is 0 Å².